The summed E-state index contributed by atoms with van der Waals surface area (Å²) in [6.07, 6.45) is 1.63. The SMILES string of the molecule is O=C(c1cc2cccnc2n1-c1ccc(Cl)cc1)N1CC(F)(F)C1. The topological polar surface area (TPSA) is 38.1 Å². The van der Waals surface area contributed by atoms with Gasteiger partial charge in [-0.25, -0.2) is 13.8 Å². The molecule has 7 heteroatoms. The van der Waals surface area contributed by atoms with Crippen molar-refractivity contribution in [2.45, 2.75) is 5.92 Å². The van der Waals surface area contributed by atoms with Crippen molar-refractivity contribution < 1.29 is 13.6 Å². The molecule has 0 unspecified atom stereocenters. The molecular weight excluding hydrogens is 336 g/mol. The van der Waals surface area contributed by atoms with Gasteiger partial charge in [-0.1, -0.05) is 11.6 Å². The molecule has 0 saturated carbocycles. The molecular formula is C17H12ClF2N3O. The molecule has 1 aromatic carbocycles. The number of amides is 1. The van der Waals surface area contributed by atoms with Crippen molar-refractivity contribution in [3.8, 4) is 5.69 Å². The number of halogens is 3. The maximum absolute atomic E-state index is 13.1. The van der Waals surface area contributed by atoms with Crippen molar-refractivity contribution in [1.82, 2.24) is 14.5 Å². The fourth-order valence-corrected chi connectivity index (χ4v) is 2.99. The molecule has 1 aliphatic rings. The lowest BCUT2D eigenvalue weighted by Crippen LogP contribution is -2.58. The van der Waals surface area contributed by atoms with Gasteiger partial charge >= 0.3 is 0 Å². The first-order valence-corrected chi connectivity index (χ1v) is 7.72. The van der Waals surface area contributed by atoms with Crippen LogP contribution in [0.3, 0.4) is 0 Å². The van der Waals surface area contributed by atoms with Crippen molar-refractivity contribution in [3.05, 3.63) is 59.4 Å². The van der Waals surface area contributed by atoms with Crippen molar-refractivity contribution in [2.75, 3.05) is 13.1 Å². The summed E-state index contributed by atoms with van der Waals surface area (Å²) in [5.41, 5.74) is 1.60. The minimum atomic E-state index is -2.80. The summed E-state index contributed by atoms with van der Waals surface area (Å²) < 4.78 is 27.9. The van der Waals surface area contributed by atoms with Gasteiger partial charge in [0.05, 0.1) is 13.1 Å². The highest BCUT2D eigenvalue weighted by atomic mass is 35.5. The smallest absolute Gasteiger partial charge is 0.282 e. The normalized spacial score (nSPS) is 16.2. The molecule has 24 heavy (non-hydrogen) atoms. The third-order valence-corrected chi connectivity index (χ3v) is 4.25. The van der Waals surface area contributed by atoms with Crippen LogP contribution in [0.1, 0.15) is 10.5 Å². The highest BCUT2D eigenvalue weighted by molar-refractivity contribution is 6.30. The highest BCUT2D eigenvalue weighted by Crippen LogP contribution is 2.30. The van der Waals surface area contributed by atoms with Crippen molar-refractivity contribution >= 4 is 28.5 Å². The van der Waals surface area contributed by atoms with Crippen LogP contribution in [-0.4, -0.2) is 39.4 Å². The number of alkyl halides is 2. The fourth-order valence-electron chi connectivity index (χ4n) is 2.86. The van der Waals surface area contributed by atoms with E-state index in [1.54, 1.807) is 47.2 Å². The number of pyridine rings is 1. The second kappa shape index (κ2) is 5.27. The van der Waals surface area contributed by atoms with Crippen LogP contribution in [0, 0.1) is 0 Å². The number of rotatable bonds is 2. The van der Waals surface area contributed by atoms with E-state index in [-0.39, 0.29) is 0 Å². The predicted molar refractivity (Wildman–Crippen MR) is 86.9 cm³/mol. The third-order valence-electron chi connectivity index (χ3n) is 4.00. The van der Waals surface area contributed by atoms with Crippen LogP contribution in [-0.2, 0) is 0 Å². The van der Waals surface area contributed by atoms with Gasteiger partial charge < -0.3 is 4.90 Å². The van der Waals surface area contributed by atoms with Crippen LogP contribution >= 0.6 is 11.6 Å². The highest BCUT2D eigenvalue weighted by Gasteiger charge is 2.47. The number of carbonyl (C=O) groups is 1. The molecule has 1 saturated heterocycles. The molecule has 1 aliphatic heterocycles. The monoisotopic (exact) mass is 347 g/mol. The van der Waals surface area contributed by atoms with Crippen LogP contribution in [0.2, 0.25) is 5.02 Å². The summed E-state index contributed by atoms with van der Waals surface area (Å²) in [6, 6.07) is 12.2. The third kappa shape index (κ3) is 2.43. The Morgan fingerprint density at radius 1 is 1.17 bits per heavy atom. The first-order chi connectivity index (χ1) is 11.4. The second-order valence-corrected chi connectivity index (χ2v) is 6.21. The van der Waals surface area contributed by atoms with E-state index in [9.17, 15) is 13.6 Å². The predicted octanol–water partition coefficient (Wildman–Crippen LogP) is 3.77. The Labute approximate surface area is 141 Å². The molecule has 3 heterocycles. The van der Waals surface area contributed by atoms with Crippen molar-refractivity contribution in [2.24, 2.45) is 0 Å². The molecule has 122 valence electrons. The van der Waals surface area contributed by atoms with E-state index in [4.69, 9.17) is 11.6 Å². The molecule has 0 bridgehead atoms. The Kier molecular flexibility index (Phi) is 3.31. The van der Waals surface area contributed by atoms with Gasteiger partial charge in [-0.05, 0) is 42.5 Å². The van der Waals surface area contributed by atoms with Crippen LogP contribution in [0.4, 0.5) is 8.78 Å². The van der Waals surface area contributed by atoms with Gasteiger partial charge in [0.25, 0.3) is 11.8 Å². The van der Waals surface area contributed by atoms with Gasteiger partial charge in [0.1, 0.15) is 11.3 Å². The van der Waals surface area contributed by atoms with Gasteiger partial charge in [-0.2, -0.15) is 0 Å². The molecule has 0 radical (unpaired) electrons. The molecule has 0 spiro atoms. The quantitative estimate of drug-likeness (QED) is 0.707. The van der Waals surface area contributed by atoms with Gasteiger partial charge in [0, 0.05) is 22.3 Å². The van der Waals surface area contributed by atoms with E-state index in [1.807, 2.05) is 6.07 Å². The fraction of sp³-hybridized carbons (Fsp3) is 0.176. The summed E-state index contributed by atoms with van der Waals surface area (Å²) in [7, 11) is 0. The molecule has 0 aliphatic carbocycles. The molecule has 3 aromatic rings. The number of carbonyl (C=O) groups excluding carboxylic acids is 1. The Bertz CT molecular complexity index is 929. The number of benzene rings is 1. The summed E-state index contributed by atoms with van der Waals surface area (Å²) in [5.74, 6) is -3.24. The van der Waals surface area contributed by atoms with Crippen LogP contribution in [0.5, 0.6) is 0 Å². The first kappa shape index (κ1) is 15.1. The maximum atomic E-state index is 13.1. The first-order valence-electron chi connectivity index (χ1n) is 7.34. The molecule has 0 atom stereocenters. The minimum absolute atomic E-state index is 0.307. The van der Waals surface area contributed by atoms with E-state index in [1.165, 1.54) is 0 Å². The number of hydrogen-bond donors (Lipinski definition) is 0. The molecule has 4 rings (SSSR count). The summed E-state index contributed by atoms with van der Waals surface area (Å²) in [5, 5.41) is 1.33. The van der Waals surface area contributed by atoms with Crippen LogP contribution in [0.25, 0.3) is 16.7 Å². The van der Waals surface area contributed by atoms with E-state index in [0.29, 0.717) is 22.1 Å². The zero-order valence-corrected chi connectivity index (χ0v) is 13.2. The number of fused-ring (bicyclic) bond motifs is 1. The van der Waals surface area contributed by atoms with Crippen LogP contribution in [0.15, 0.2) is 48.7 Å². The Morgan fingerprint density at radius 3 is 2.54 bits per heavy atom. The number of aromatic nitrogens is 2. The van der Waals surface area contributed by atoms with Gasteiger partial charge in [0.2, 0.25) is 0 Å². The van der Waals surface area contributed by atoms with Crippen molar-refractivity contribution in [1.29, 1.82) is 0 Å². The average molecular weight is 348 g/mol. The molecule has 2 aromatic heterocycles. The van der Waals surface area contributed by atoms with E-state index < -0.39 is 24.9 Å². The van der Waals surface area contributed by atoms with E-state index in [2.05, 4.69) is 4.98 Å². The molecule has 0 N–H and O–H groups in total. The standard InChI is InChI=1S/C17H12ClF2N3O/c18-12-3-5-13(6-4-12)23-14(8-11-2-1-7-21-15(11)23)16(24)22-9-17(19,20)10-22/h1-8H,9-10H2. The molecule has 4 nitrogen and oxygen atoms in total. The lowest BCUT2D eigenvalue weighted by molar-refractivity contribution is -0.113. The largest absolute Gasteiger partial charge is 0.325 e. The Balaban J connectivity index is 1.84. The number of nitrogens with zero attached hydrogens (tertiary/aromatic N) is 3. The van der Waals surface area contributed by atoms with Crippen molar-refractivity contribution in [3.63, 3.8) is 0 Å². The average Bonchev–Trinajstić information content (AvgIpc) is 2.92. The molecule has 1 amide bonds. The summed E-state index contributed by atoms with van der Waals surface area (Å²) >= 11 is 5.92. The maximum Gasteiger partial charge on any atom is 0.282 e. The number of hydrogen-bond acceptors (Lipinski definition) is 2. The lowest BCUT2D eigenvalue weighted by Gasteiger charge is -2.38. The molecule has 1 fully saturated rings. The second-order valence-electron chi connectivity index (χ2n) is 5.77. The van der Waals surface area contributed by atoms with Gasteiger partial charge in [0.15, 0.2) is 0 Å². The zero-order valence-electron chi connectivity index (χ0n) is 12.4. The zero-order chi connectivity index (χ0) is 16.9. The summed E-state index contributed by atoms with van der Waals surface area (Å²) in [4.78, 5) is 18.1. The van der Waals surface area contributed by atoms with E-state index >= 15 is 0 Å². The Hall–Kier alpha value is -2.47. The summed E-state index contributed by atoms with van der Waals surface area (Å²) in [6.45, 7) is -1.11. The van der Waals surface area contributed by atoms with Crippen LogP contribution < -0.4 is 0 Å². The minimum Gasteiger partial charge on any atom is -0.325 e. The van der Waals surface area contributed by atoms with Gasteiger partial charge in [-0.3, -0.25) is 9.36 Å². The Morgan fingerprint density at radius 2 is 1.88 bits per heavy atom. The number of likely N-dealkylation sites (tertiary alicyclic amines) is 1. The van der Waals surface area contributed by atoms with Gasteiger partial charge in [-0.15, -0.1) is 0 Å². The van der Waals surface area contributed by atoms with E-state index in [0.717, 1.165) is 10.3 Å². The lowest BCUT2D eigenvalue weighted by atomic mass is 10.1.